The highest BCUT2D eigenvalue weighted by Crippen LogP contribution is 2.21. The summed E-state index contributed by atoms with van der Waals surface area (Å²) >= 11 is 1.31. The van der Waals surface area contributed by atoms with Crippen LogP contribution in [-0.2, 0) is 11.3 Å². The number of nitrogens with one attached hydrogen (secondary N) is 2. The quantitative estimate of drug-likeness (QED) is 0.357. The van der Waals surface area contributed by atoms with Crippen molar-refractivity contribution in [3.63, 3.8) is 0 Å². The molecule has 3 rings (SSSR count). The number of rotatable bonds is 11. The van der Waals surface area contributed by atoms with Gasteiger partial charge in [-0.2, -0.15) is 9.97 Å². The van der Waals surface area contributed by atoms with E-state index in [1.807, 2.05) is 44.2 Å². The average molecular weight is 427 g/mol. The Kier molecular flexibility index (Phi) is 7.61. The lowest BCUT2D eigenvalue weighted by Gasteiger charge is -2.21. The molecule has 0 spiro atoms. The van der Waals surface area contributed by atoms with E-state index in [2.05, 4.69) is 37.4 Å². The third-order valence-electron chi connectivity index (χ3n) is 4.16. The molecule has 158 valence electrons. The maximum Gasteiger partial charge on any atom is 0.261 e. The Labute approximate surface area is 180 Å². The molecule has 1 amide bonds. The maximum atomic E-state index is 12.9. The summed E-state index contributed by atoms with van der Waals surface area (Å²) in [5.74, 6) is 1.73. The van der Waals surface area contributed by atoms with Crippen molar-refractivity contribution in [1.82, 2.24) is 29.5 Å². The van der Waals surface area contributed by atoms with Gasteiger partial charge < -0.3 is 15.5 Å². The lowest BCUT2D eigenvalue weighted by Crippen LogP contribution is -2.32. The van der Waals surface area contributed by atoms with Gasteiger partial charge in [0.2, 0.25) is 17.8 Å². The van der Waals surface area contributed by atoms with E-state index in [0.717, 1.165) is 5.56 Å². The van der Waals surface area contributed by atoms with Crippen LogP contribution in [-0.4, -0.2) is 60.8 Å². The molecule has 9 nitrogen and oxygen atoms in total. The summed E-state index contributed by atoms with van der Waals surface area (Å²) < 4.78 is 1.73. The molecule has 0 saturated carbocycles. The number of amides is 1. The smallest absolute Gasteiger partial charge is 0.261 e. The van der Waals surface area contributed by atoms with Crippen molar-refractivity contribution in [3.05, 3.63) is 48.6 Å². The van der Waals surface area contributed by atoms with Gasteiger partial charge in [0.1, 0.15) is 0 Å². The molecular weight excluding hydrogens is 400 g/mol. The van der Waals surface area contributed by atoms with Crippen LogP contribution in [0.5, 0.6) is 0 Å². The van der Waals surface area contributed by atoms with E-state index in [4.69, 9.17) is 0 Å². The Hall–Kier alpha value is -3.14. The molecule has 0 bridgehead atoms. The molecule has 0 atom stereocenters. The second-order valence-electron chi connectivity index (χ2n) is 6.39. The molecule has 0 unspecified atom stereocenters. The van der Waals surface area contributed by atoms with E-state index in [1.54, 1.807) is 15.4 Å². The second kappa shape index (κ2) is 10.6. The molecule has 3 aromatic rings. The van der Waals surface area contributed by atoms with Crippen molar-refractivity contribution in [3.8, 4) is 0 Å². The molecule has 2 heterocycles. The van der Waals surface area contributed by atoms with E-state index in [9.17, 15) is 4.79 Å². The molecule has 0 radical (unpaired) electrons. The number of nitrogens with zero attached hydrogens (tertiary/aromatic N) is 6. The van der Waals surface area contributed by atoms with Gasteiger partial charge in [-0.1, -0.05) is 48.2 Å². The van der Waals surface area contributed by atoms with Crippen molar-refractivity contribution in [1.29, 1.82) is 0 Å². The van der Waals surface area contributed by atoms with Crippen LogP contribution in [0.2, 0.25) is 0 Å². The number of fused-ring (bicyclic) bond motifs is 1. The highest BCUT2D eigenvalue weighted by molar-refractivity contribution is 7.99. The van der Waals surface area contributed by atoms with Crippen molar-refractivity contribution in [2.75, 3.05) is 36.0 Å². The largest absolute Gasteiger partial charge is 0.355 e. The van der Waals surface area contributed by atoms with E-state index in [1.165, 1.54) is 11.8 Å². The SMILES string of the molecule is C=CCN(Cc1ccccc1)C(=O)CSc1nnc2nc(NCC)nc(NCC)n12. The zero-order valence-electron chi connectivity index (χ0n) is 17.2. The molecular formula is C20H26N8OS. The lowest BCUT2D eigenvalue weighted by atomic mass is 10.2. The van der Waals surface area contributed by atoms with Crippen LogP contribution in [0.25, 0.3) is 5.78 Å². The number of hydrogen-bond donors (Lipinski definition) is 2. The topological polar surface area (TPSA) is 100 Å². The minimum Gasteiger partial charge on any atom is -0.355 e. The highest BCUT2D eigenvalue weighted by Gasteiger charge is 2.18. The van der Waals surface area contributed by atoms with Gasteiger partial charge >= 0.3 is 0 Å². The summed E-state index contributed by atoms with van der Waals surface area (Å²) in [5.41, 5.74) is 1.07. The Morgan fingerprint density at radius 2 is 1.93 bits per heavy atom. The van der Waals surface area contributed by atoms with Gasteiger partial charge in [-0.05, 0) is 19.4 Å². The Balaban J connectivity index is 1.76. The van der Waals surface area contributed by atoms with Gasteiger partial charge in [-0.15, -0.1) is 16.8 Å². The number of aromatic nitrogens is 5. The standard InChI is InChI=1S/C20H26N8OS/c1-4-12-27(13-15-10-8-7-9-11-15)16(29)14-30-20-26-25-19-24-17(21-5-2)23-18(22-6-3)28(19)20/h4,7-11H,1,5-6,12-14H2,2-3H3,(H2,21,22,23,24,25). The molecule has 1 aromatic carbocycles. The third-order valence-corrected chi connectivity index (χ3v) is 5.07. The summed E-state index contributed by atoms with van der Waals surface area (Å²) in [6.45, 7) is 10.1. The fourth-order valence-corrected chi connectivity index (χ4v) is 3.66. The molecule has 0 aliphatic rings. The highest BCUT2D eigenvalue weighted by atomic mass is 32.2. The number of carbonyl (C=O) groups excluding carboxylic acids is 1. The summed E-state index contributed by atoms with van der Waals surface area (Å²) in [5, 5.41) is 15.2. The zero-order valence-corrected chi connectivity index (χ0v) is 18.0. The third kappa shape index (κ3) is 5.26. The molecule has 0 aliphatic heterocycles. The van der Waals surface area contributed by atoms with Gasteiger partial charge in [-0.3, -0.25) is 4.79 Å². The molecule has 0 saturated heterocycles. The summed E-state index contributed by atoms with van der Waals surface area (Å²) in [6, 6.07) is 9.90. The fourth-order valence-electron chi connectivity index (χ4n) is 2.83. The van der Waals surface area contributed by atoms with Crippen LogP contribution < -0.4 is 10.6 Å². The van der Waals surface area contributed by atoms with Gasteiger partial charge in [0, 0.05) is 26.2 Å². The van der Waals surface area contributed by atoms with Crippen LogP contribution in [0.3, 0.4) is 0 Å². The predicted molar refractivity (Wildman–Crippen MR) is 120 cm³/mol. The number of carbonyl (C=O) groups is 1. The normalized spacial score (nSPS) is 10.7. The Morgan fingerprint density at radius 1 is 1.17 bits per heavy atom. The molecule has 30 heavy (non-hydrogen) atoms. The molecule has 2 aromatic heterocycles. The van der Waals surface area contributed by atoms with Gasteiger partial charge in [0.15, 0.2) is 5.16 Å². The van der Waals surface area contributed by atoms with Crippen molar-refractivity contribution in [2.24, 2.45) is 0 Å². The van der Waals surface area contributed by atoms with Crippen LogP contribution in [0.1, 0.15) is 19.4 Å². The number of thioether (sulfide) groups is 1. The van der Waals surface area contributed by atoms with Crippen molar-refractivity contribution in [2.45, 2.75) is 25.5 Å². The van der Waals surface area contributed by atoms with Crippen LogP contribution >= 0.6 is 11.8 Å². The van der Waals surface area contributed by atoms with E-state index in [-0.39, 0.29) is 11.7 Å². The first kappa shape index (κ1) is 21.6. The van der Waals surface area contributed by atoms with E-state index < -0.39 is 0 Å². The molecule has 10 heteroatoms. The van der Waals surface area contributed by atoms with Gasteiger partial charge in [-0.25, -0.2) is 4.40 Å². The number of anilines is 2. The summed E-state index contributed by atoms with van der Waals surface area (Å²) in [7, 11) is 0. The van der Waals surface area contributed by atoms with E-state index >= 15 is 0 Å². The first-order chi connectivity index (χ1) is 14.7. The average Bonchev–Trinajstić information content (AvgIpc) is 3.16. The molecule has 0 aliphatic carbocycles. The molecule has 2 N–H and O–H groups in total. The fraction of sp³-hybridized carbons (Fsp3) is 0.350. The Morgan fingerprint density at radius 3 is 2.63 bits per heavy atom. The van der Waals surface area contributed by atoms with Gasteiger partial charge in [0.25, 0.3) is 5.78 Å². The van der Waals surface area contributed by atoms with Crippen LogP contribution in [0.15, 0.2) is 48.1 Å². The predicted octanol–water partition coefficient (Wildman–Crippen LogP) is 2.69. The second-order valence-corrected chi connectivity index (χ2v) is 7.33. The number of hydrogen-bond acceptors (Lipinski definition) is 8. The zero-order chi connectivity index (χ0) is 21.3. The van der Waals surface area contributed by atoms with E-state index in [0.29, 0.717) is 49.0 Å². The lowest BCUT2D eigenvalue weighted by molar-refractivity contribution is -0.128. The van der Waals surface area contributed by atoms with Gasteiger partial charge in [0.05, 0.1) is 5.75 Å². The van der Waals surface area contributed by atoms with Crippen LogP contribution in [0, 0.1) is 0 Å². The molecule has 0 fully saturated rings. The monoisotopic (exact) mass is 426 g/mol. The first-order valence-corrected chi connectivity index (χ1v) is 10.8. The van der Waals surface area contributed by atoms with Crippen molar-refractivity contribution >= 4 is 35.3 Å². The number of benzene rings is 1. The Bertz CT molecular complexity index is 991. The minimum absolute atomic E-state index is 0.00399. The van der Waals surface area contributed by atoms with Crippen molar-refractivity contribution < 1.29 is 4.79 Å². The van der Waals surface area contributed by atoms with Crippen LogP contribution in [0.4, 0.5) is 11.9 Å². The first-order valence-electron chi connectivity index (χ1n) is 9.82. The summed E-state index contributed by atoms with van der Waals surface area (Å²) in [4.78, 5) is 23.5. The summed E-state index contributed by atoms with van der Waals surface area (Å²) in [6.07, 6.45) is 1.73. The maximum absolute atomic E-state index is 12.9. The minimum atomic E-state index is -0.00399.